The number of nitrogens with zero attached hydrogens (tertiary/aromatic N) is 5. The van der Waals surface area contributed by atoms with Crippen molar-refractivity contribution in [2.45, 2.75) is 37.8 Å². The molecule has 1 fully saturated rings. The van der Waals surface area contributed by atoms with Crippen molar-refractivity contribution in [3.8, 4) is 17.0 Å². The normalized spacial score (nSPS) is 19.7. The van der Waals surface area contributed by atoms with Gasteiger partial charge in [0.1, 0.15) is 5.52 Å². The number of pyridine rings is 1. The van der Waals surface area contributed by atoms with E-state index in [1.54, 1.807) is 20.4 Å². The van der Waals surface area contributed by atoms with Crippen LogP contribution in [0.25, 0.3) is 22.2 Å². The van der Waals surface area contributed by atoms with Crippen LogP contribution in [0.5, 0.6) is 5.88 Å². The molecule has 0 bridgehead atoms. The fourth-order valence-corrected chi connectivity index (χ4v) is 4.14. The number of methoxy groups -OCH3 is 2. The van der Waals surface area contributed by atoms with Crippen LogP contribution in [0.4, 0.5) is 5.95 Å². The highest BCUT2D eigenvalue weighted by Crippen LogP contribution is 2.32. The van der Waals surface area contributed by atoms with Gasteiger partial charge >= 0.3 is 0 Å². The molecule has 1 aliphatic rings. The summed E-state index contributed by atoms with van der Waals surface area (Å²) in [5, 5.41) is 12.4. The van der Waals surface area contributed by atoms with E-state index < -0.39 is 0 Å². The van der Waals surface area contributed by atoms with Crippen LogP contribution >= 0.6 is 0 Å². The fourth-order valence-electron chi connectivity index (χ4n) is 4.14. The first-order chi connectivity index (χ1) is 14.2. The molecule has 0 aliphatic heterocycles. The van der Waals surface area contributed by atoms with Crippen LogP contribution in [0.2, 0.25) is 0 Å². The maximum Gasteiger partial charge on any atom is 0.244 e. The van der Waals surface area contributed by atoms with Gasteiger partial charge in [-0.05, 0) is 55.5 Å². The number of aromatic nitrogens is 5. The average molecular weight is 392 g/mol. The van der Waals surface area contributed by atoms with Gasteiger partial charge in [0, 0.05) is 37.3 Å². The largest absolute Gasteiger partial charge is 0.479 e. The Kier molecular flexibility index (Phi) is 4.55. The molecule has 0 radical (unpaired) electrons. The first-order valence-electron chi connectivity index (χ1n) is 9.91. The van der Waals surface area contributed by atoms with Gasteiger partial charge in [0.25, 0.3) is 0 Å². The minimum atomic E-state index is 0.350. The number of nitrogens with one attached hydrogen (secondary N) is 1. The molecule has 0 aromatic carbocycles. The Morgan fingerprint density at radius 1 is 1.03 bits per heavy atom. The summed E-state index contributed by atoms with van der Waals surface area (Å²) < 4.78 is 14.8. The summed E-state index contributed by atoms with van der Waals surface area (Å²) in [5.41, 5.74) is 3.98. The lowest BCUT2D eigenvalue weighted by molar-refractivity contribution is 0.0681. The minimum absolute atomic E-state index is 0.350. The van der Waals surface area contributed by atoms with E-state index >= 15 is 0 Å². The minimum Gasteiger partial charge on any atom is -0.479 e. The van der Waals surface area contributed by atoms with Crippen molar-refractivity contribution in [2.24, 2.45) is 0 Å². The highest BCUT2D eigenvalue weighted by molar-refractivity contribution is 5.85. The predicted molar refractivity (Wildman–Crippen MR) is 110 cm³/mol. The van der Waals surface area contributed by atoms with Gasteiger partial charge in [-0.25, -0.2) is 9.03 Å². The van der Waals surface area contributed by atoms with Crippen molar-refractivity contribution < 1.29 is 9.47 Å². The second-order valence-electron chi connectivity index (χ2n) is 7.44. The smallest absolute Gasteiger partial charge is 0.244 e. The standard InChI is InChI=1S/C21H24N6O2/c1-28-17-5-3-15(4-6-17)23-21-24-20(29-2)19-18(9-12-27(19)25-21)14-8-11-26-16(13-14)7-10-22-26/h7-13,15,17H,3-6H2,1-2H3,(H,23,25)/t15-,17-. The zero-order valence-electron chi connectivity index (χ0n) is 16.6. The van der Waals surface area contributed by atoms with Gasteiger partial charge in [-0.2, -0.15) is 10.1 Å². The highest BCUT2D eigenvalue weighted by atomic mass is 16.5. The third-order valence-corrected chi connectivity index (χ3v) is 5.72. The Bertz CT molecular complexity index is 1140. The van der Waals surface area contributed by atoms with E-state index in [2.05, 4.69) is 26.6 Å². The summed E-state index contributed by atoms with van der Waals surface area (Å²) in [7, 11) is 3.43. The van der Waals surface area contributed by atoms with E-state index in [9.17, 15) is 0 Å². The van der Waals surface area contributed by atoms with Crippen molar-refractivity contribution in [1.82, 2.24) is 24.2 Å². The molecule has 4 aromatic rings. The predicted octanol–water partition coefficient (Wildman–Crippen LogP) is 3.42. The number of hydrogen-bond donors (Lipinski definition) is 1. The fraction of sp³-hybridized carbons (Fsp3) is 0.381. The Labute approximate surface area is 168 Å². The number of fused-ring (bicyclic) bond motifs is 2. The molecular weight excluding hydrogens is 368 g/mol. The average Bonchev–Trinajstić information content (AvgIpc) is 3.40. The molecule has 29 heavy (non-hydrogen) atoms. The molecule has 0 amide bonds. The SMILES string of the molecule is COc1nc(N[C@H]2CC[C@H](OC)CC2)nn2ccc(-c3ccn4nccc4c3)c12. The highest BCUT2D eigenvalue weighted by Gasteiger charge is 2.22. The number of anilines is 1. The van der Waals surface area contributed by atoms with Crippen molar-refractivity contribution in [3.05, 3.63) is 42.9 Å². The van der Waals surface area contributed by atoms with E-state index in [1.807, 2.05) is 39.6 Å². The van der Waals surface area contributed by atoms with Gasteiger partial charge in [-0.3, -0.25) is 0 Å². The zero-order chi connectivity index (χ0) is 19.8. The Morgan fingerprint density at radius 2 is 1.86 bits per heavy atom. The topological polar surface area (TPSA) is 78.0 Å². The van der Waals surface area contributed by atoms with E-state index in [-0.39, 0.29) is 0 Å². The van der Waals surface area contributed by atoms with Gasteiger partial charge < -0.3 is 14.8 Å². The van der Waals surface area contributed by atoms with Crippen LogP contribution in [0, 0.1) is 0 Å². The second kappa shape index (κ2) is 7.36. The van der Waals surface area contributed by atoms with Gasteiger partial charge in [0.05, 0.1) is 18.7 Å². The number of hydrogen-bond acceptors (Lipinski definition) is 6. The lowest BCUT2D eigenvalue weighted by Crippen LogP contribution is -2.30. The van der Waals surface area contributed by atoms with Gasteiger partial charge in [0.2, 0.25) is 11.8 Å². The lowest BCUT2D eigenvalue weighted by Gasteiger charge is -2.28. The van der Waals surface area contributed by atoms with E-state index in [0.29, 0.717) is 24.0 Å². The zero-order valence-corrected chi connectivity index (χ0v) is 16.6. The molecule has 8 heteroatoms. The molecule has 5 rings (SSSR count). The second-order valence-corrected chi connectivity index (χ2v) is 7.44. The molecule has 0 spiro atoms. The quantitative estimate of drug-likeness (QED) is 0.561. The van der Waals surface area contributed by atoms with E-state index in [1.165, 1.54) is 0 Å². The summed E-state index contributed by atoms with van der Waals surface area (Å²) in [6.45, 7) is 0. The molecule has 1 aliphatic carbocycles. The Balaban J connectivity index is 1.47. The molecule has 1 N–H and O–H groups in total. The van der Waals surface area contributed by atoms with Crippen LogP contribution in [-0.2, 0) is 4.74 Å². The molecule has 4 aromatic heterocycles. The molecule has 1 saturated carbocycles. The third kappa shape index (κ3) is 3.29. The molecule has 0 atom stereocenters. The van der Waals surface area contributed by atoms with Crippen molar-refractivity contribution in [3.63, 3.8) is 0 Å². The van der Waals surface area contributed by atoms with Crippen LogP contribution in [0.3, 0.4) is 0 Å². The van der Waals surface area contributed by atoms with E-state index in [4.69, 9.17) is 9.47 Å². The number of ether oxygens (including phenoxy) is 2. The van der Waals surface area contributed by atoms with E-state index in [0.717, 1.165) is 47.8 Å². The summed E-state index contributed by atoms with van der Waals surface area (Å²) in [4.78, 5) is 4.65. The van der Waals surface area contributed by atoms with Crippen molar-refractivity contribution in [2.75, 3.05) is 19.5 Å². The third-order valence-electron chi connectivity index (χ3n) is 5.72. The molecule has 4 heterocycles. The van der Waals surface area contributed by atoms with Crippen LogP contribution in [0.15, 0.2) is 42.9 Å². The van der Waals surface area contributed by atoms with Gasteiger partial charge in [0.15, 0.2) is 0 Å². The first-order valence-corrected chi connectivity index (χ1v) is 9.91. The number of rotatable bonds is 5. The summed E-state index contributed by atoms with van der Waals surface area (Å²) in [6.07, 6.45) is 10.3. The van der Waals surface area contributed by atoms with Crippen LogP contribution < -0.4 is 10.1 Å². The molecule has 0 unspecified atom stereocenters. The Morgan fingerprint density at radius 3 is 2.66 bits per heavy atom. The van der Waals surface area contributed by atoms with Gasteiger partial charge in [-0.15, -0.1) is 5.10 Å². The lowest BCUT2D eigenvalue weighted by atomic mass is 9.93. The summed E-state index contributed by atoms with van der Waals surface area (Å²) >= 11 is 0. The van der Waals surface area contributed by atoms with Crippen molar-refractivity contribution in [1.29, 1.82) is 0 Å². The molecule has 0 saturated heterocycles. The Hall–Kier alpha value is -3.13. The van der Waals surface area contributed by atoms with Gasteiger partial charge in [-0.1, -0.05) is 0 Å². The van der Waals surface area contributed by atoms with Crippen LogP contribution in [0.1, 0.15) is 25.7 Å². The summed E-state index contributed by atoms with van der Waals surface area (Å²) in [6, 6.07) is 8.51. The monoisotopic (exact) mass is 392 g/mol. The summed E-state index contributed by atoms with van der Waals surface area (Å²) in [5.74, 6) is 1.14. The molecular formula is C21H24N6O2. The maximum atomic E-state index is 5.64. The maximum absolute atomic E-state index is 5.64. The van der Waals surface area contributed by atoms with Crippen LogP contribution in [-0.4, -0.2) is 50.6 Å². The van der Waals surface area contributed by atoms with Crippen molar-refractivity contribution >= 4 is 17.0 Å². The first kappa shape index (κ1) is 17.9. The molecule has 150 valence electrons. The molecule has 8 nitrogen and oxygen atoms in total.